The van der Waals surface area contributed by atoms with Gasteiger partial charge in [0.15, 0.2) is 0 Å². The van der Waals surface area contributed by atoms with Crippen LogP contribution in [0.15, 0.2) is 0 Å². The second kappa shape index (κ2) is 5.13. The highest BCUT2D eigenvalue weighted by Crippen LogP contribution is 2.41. The van der Waals surface area contributed by atoms with E-state index in [9.17, 15) is 0 Å². The van der Waals surface area contributed by atoms with E-state index in [1.165, 1.54) is 64.3 Å². The third-order valence-corrected chi connectivity index (χ3v) is 6.28. The Labute approximate surface area is 113 Å². The van der Waals surface area contributed by atoms with Crippen molar-refractivity contribution in [1.82, 2.24) is 10.2 Å². The number of nitrogens with one attached hydrogen (secondary N) is 1. The summed E-state index contributed by atoms with van der Waals surface area (Å²) in [6, 6.07) is 2.56. The summed E-state index contributed by atoms with van der Waals surface area (Å²) in [6.45, 7) is 3.68. The lowest BCUT2D eigenvalue weighted by Gasteiger charge is -2.38. The first kappa shape index (κ1) is 12.9. The maximum Gasteiger partial charge on any atom is 0.0111 e. The molecule has 0 amide bonds. The molecule has 2 aliphatic heterocycles. The highest BCUT2D eigenvalue weighted by Gasteiger charge is 2.39. The van der Waals surface area contributed by atoms with E-state index in [1.54, 1.807) is 0 Å². The molecule has 2 nitrogen and oxygen atoms in total. The lowest BCUT2D eigenvalue weighted by atomic mass is 9.83. The molecule has 0 spiro atoms. The number of hydrogen-bond donors (Lipinski definition) is 1. The minimum Gasteiger partial charge on any atom is -0.313 e. The topological polar surface area (TPSA) is 15.3 Å². The fourth-order valence-corrected chi connectivity index (χ4v) is 4.72. The van der Waals surface area contributed by atoms with Crippen molar-refractivity contribution in [2.75, 3.05) is 13.6 Å². The number of hydrogen-bond acceptors (Lipinski definition) is 2. The van der Waals surface area contributed by atoms with Crippen LogP contribution >= 0.6 is 0 Å². The number of piperidine rings is 1. The molecule has 2 bridgehead atoms. The summed E-state index contributed by atoms with van der Waals surface area (Å²) in [4.78, 5) is 2.64. The van der Waals surface area contributed by atoms with Gasteiger partial charge in [-0.15, -0.1) is 0 Å². The Kier molecular flexibility index (Phi) is 3.68. The van der Waals surface area contributed by atoms with E-state index in [4.69, 9.17) is 0 Å². The van der Waals surface area contributed by atoms with Crippen LogP contribution in [0.2, 0.25) is 0 Å². The Morgan fingerprint density at radius 3 is 2.28 bits per heavy atom. The summed E-state index contributed by atoms with van der Waals surface area (Å²) < 4.78 is 0. The lowest BCUT2D eigenvalue weighted by molar-refractivity contribution is 0.138. The molecule has 2 heterocycles. The van der Waals surface area contributed by atoms with E-state index in [1.807, 2.05) is 0 Å². The molecule has 3 aliphatic rings. The molecule has 2 heteroatoms. The van der Waals surface area contributed by atoms with E-state index >= 15 is 0 Å². The van der Waals surface area contributed by atoms with Crippen molar-refractivity contribution in [3.63, 3.8) is 0 Å². The van der Waals surface area contributed by atoms with E-state index in [-0.39, 0.29) is 0 Å². The summed E-state index contributed by atoms with van der Waals surface area (Å²) in [5, 5.41) is 3.95. The van der Waals surface area contributed by atoms with Crippen LogP contribution in [-0.2, 0) is 0 Å². The van der Waals surface area contributed by atoms with E-state index in [0.717, 1.165) is 18.1 Å². The zero-order valence-electron chi connectivity index (χ0n) is 12.3. The van der Waals surface area contributed by atoms with Gasteiger partial charge < -0.3 is 10.2 Å². The molecule has 1 saturated carbocycles. The number of rotatable bonds is 4. The first-order valence-corrected chi connectivity index (χ1v) is 8.18. The highest BCUT2D eigenvalue weighted by molar-refractivity contribution is 4.97. The summed E-state index contributed by atoms with van der Waals surface area (Å²) in [5.74, 6) is 0. The minimum atomic E-state index is 0.655. The van der Waals surface area contributed by atoms with Crippen molar-refractivity contribution in [2.24, 2.45) is 5.41 Å². The van der Waals surface area contributed by atoms with Gasteiger partial charge in [-0.3, -0.25) is 0 Å². The Balaban J connectivity index is 1.52. The SMILES string of the molecule is CCC1(CNC2CC3CCC(C2)N3C)CCCC1. The molecule has 104 valence electrons. The van der Waals surface area contributed by atoms with Crippen molar-refractivity contribution in [2.45, 2.75) is 82.8 Å². The van der Waals surface area contributed by atoms with Gasteiger partial charge in [0, 0.05) is 24.7 Å². The standard InChI is InChI=1S/C16H30N2/c1-3-16(8-4-5-9-16)12-17-13-10-14-6-7-15(11-13)18(14)2/h13-15,17H,3-12H2,1-2H3. The molecule has 3 fully saturated rings. The van der Waals surface area contributed by atoms with E-state index in [0.29, 0.717) is 5.41 Å². The average molecular weight is 250 g/mol. The molecule has 0 aromatic carbocycles. The number of fused-ring (bicyclic) bond motifs is 2. The minimum absolute atomic E-state index is 0.655. The fraction of sp³-hybridized carbons (Fsp3) is 1.00. The zero-order valence-corrected chi connectivity index (χ0v) is 12.3. The Hall–Kier alpha value is -0.0800. The molecule has 2 unspecified atom stereocenters. The molecule has 1 N–H and O–H groups in total. The normalized spacial score (nSPS) is 39.3. The van der Waals surface area contributed by atoms with Gasteiger partial charge in [-0.05, 0) is 57.4 Å². The molecule has 3 rings (SSSR count). The van der Waals surface area contributed by atoms with E-state index in [2.05, 4.69) is 24.2 Å². The van der Waals surface area contributed by atoms with Gasteiger partial charge in [0.1, 0.15) is 0 Å². The summed E-state index contributed by atoms with van der Waals surface area (Å²) in [5.41, 5.74) is 0.655. The van der Waals surface area contributed by atoms with Crippen LogP contribution in [0.3, 0.4) is 0 Å². The van der Waals surface area contributed by atoms with Crippen molar-refractivity contribution >= 4 is 0 Å². The van der Waals surface area contributed by atoms with E-state index < -0.39 is 0 Å². The fourth-order valence-electron chi connectivity index (χ4n) is 4.72. The van der Waals surface area contributed by atoms with Crippen LogP contribution in [0.25, 0.3) is 0 Å². The first-order valence-electron chi connectivity index (χ1n) is 8.18. The predicted molar refractivity (Wildman–Crippen MR) is 76.8 cm³/mol. The Morgan fingerprint density at radius 1 is 1.11 bits per heavy atom. The summed E-state index contributed by atoms with van der Waals surface area (Å²) in [7, 11) is 2.34. The molecule has 0 aromatic heterocycles. The Bertz CT molecular complexity index is 269. The van der Waals surface area contributed by atoms with Crippen molar-refractivity contribution in [3.8, 4) is 0 Å². The maximum atomic E-state index is 3.95. The molecular weight excluding hydrogens is 220 g/mol. The van der Waals surface area contributed by atoms with Crippen LogP contribution in [0.5, 0.6) is 0 Å². The highest BCUT2D eigenvalue weighted by atomic mass is 15.2. The smallest absolute Gasteiger partial charge is 0.0111 e. The monoisotopic (exact) mass is 250 g/mol. The third kappa shape index (κ3) is 2.34. The van der Waals surface area contributed by atoms with Crippen molar-refractivity contribution in [3.05, 3.63) is 0 Å². The zero-order chi connectivity index (χ0) is 12.6. The van der Waals surface area contributed by atoms with Gasteiger partial charge in [-0.25, -0.2) is 0 Å². The quantitative estimate of drug-likeness (QED) is 0.824. The summed E-state index contributed by atoms with van der Waals surface area (Å²) >= 11 is 0. The Morgan fingerprint density at radius 2 is 1.72 bits per heavy atom. The largest absolute Gasteiger partial charge is 0.313 e. The van der Waals surface area contributed by atoms with Gasteiger partial charge >= 0.3 is 0 Å². The third-order valence-electron chi connectivity index (χ3n) is 6.28. The van der Waals surface area contributed by atoms with Gasteiger partial charge in [0.2, 0.25) is 0 Å². The van der Waals surface area contributed by atoms with Crippen LogP contribution in [0.1, 0.15) is 64.7 Å². The molecular formula is C16H30N2. The maximum absolute atomic E-state index is 3.95. The molecule has 1 aliphatic carbocycles. The molecule has 2 atom stereocenters. The van der Waals surface area contributed by atoms with Crippen molar-refractivity contribution in [1.29, 1.82) is 0 Å². The molecule has 18 heavy (non-hydrogen) atoms. The molecule has 0 radical (unpaired) electrons. The second-order valence-corrected chi connectivity index (χ2v) is 7.16. The molecule has 2 saturated heterocycles. The van der Waals surface area contributed by atoms with Gasteiger partial charge in [0.05, 0.1) is 0 Å². The summed E-state index contributed by atoms with van der Waals surface area (Å²) in [6.07, 6.45) is 12.9. The first-order chi connectivity index (χ1) is 8.72. The van der Waals surface area contributed by atoms with Crippen LogP contribution in [-0.4, -0.2) is 36.6 Å². The van der Waals surface area contributed by atoms with Crippen LogP contribution in [0.4, 0.5) is 0 Å². The predicted octanol–water partition coefficient (Wildman–Crippen LogP) is 3.17. The van der Waals surface area contributed by atoms with Gasteiger partial charge in [-0.2, -0.15) is 0 Å². The van der Waals surface area contributed by atoms with Gasteiger partial charge in [-0.1, -0.05) is 19.8 Å². The lowest BCUT2D eigenvalue weighted by Crippen LogP contribution is -2.49. The van der Waals surface area contributed by atoms with Crippen molar-refractivity contribution < 1.29 is 0 Å². The number of nitrogens with zero attached hydrogens (tertiary/aromatic N) is 1. The average Bonchev–Trinajstić information content (AvgIpc) is 2.91. The second-order valence-electron chi connectivity index (χ2n) is 7.16. The van der Waals surface area contributed by atoms with Crippen LogP contribution in [0, 0.1) is 5.41 Å². The van der Waals surface area contributed by atoms with Crippen LogP contribution < -0.4 is 5.32 Å². The molecule has 0 aromatic rings. The van der Waals surface area contributed by atoms with Gasteiger partial charge in [0.25, 0.3) is 0 Å².